The van der Waals surface area contributed by atoms with Crippen LogP contribution in [-0.2, 0) is 14.9 Å². The fraction of sp³-hybridized carbons (Fsp3) is 0.400. The molecule has 5 heteroatoms. The number of nitrogens with one attached hydrogen (secondary N) is 1. The normalized spacial score (nSPS) is 12.7. The molecule has 0 unspecified atom stereocenters. The van der Waals surface area contributed by atoms with Crippen LogP contribution in [0.2, 0.25) is 0 Å². The van der Waals surface area contributed by atoms with Crippen molar-refractivity contribution < 1.29 is 13.3 Å². The van der Waals surface area contributed by atoms with Crippen molar-refractivity contribution in [2.45, 2.75) is 31.3 Å². The smallest absolute Gasteiger partial charge is 0.262 e. The number of hydrogen-bond acceptors (Lipinski definition) is 3. The van der Waals surface area contributed by atoms with E-state index in [9.17, 15) is 8.42 Å². The Morgan fingerprint density at radius 1 is 1.13 bits per heavy atom. The SMILES string of the molecule is CC(C)(C)ONS(=O)(=O)c1ccccc1. The van der Waals surface area contributed by atoms with Crippen LogP contribution in [0, 0.1) is 0 Å². The first kappa shape index (κ1) is 12.2. The third-order valence-corrected chi connectivity index (χ3v) is 2.71. The lowest BCUT2D eigenvalue weighted by molar-refractivity contribution is -0.0357. The average molecular weight is 229 g/mol. The van der Waals surface area contributed by atoms with E-state index in [1.807, 2.05) is 0 Å². The minimum Gasteiger partial charge on any atom is -0.281 e. The number of rotatable bonds is 3. The summed E-state index contributed by atoms with van der Waals surface area (Å²) in [5, 5.41) is 0. The standard InChI is InChI=1S/C10H15NO3S/c1-10(2,3)14-11-15(12,13)9-7-5-4-6-8-9/h4-8,11H,1-3H3. The summed E-state index contributed by atoms with van der Waals surface area (Å²) in [5.74, 6) is 0. The van der Waals surface area contributed by atoms with E-state index >= 15 is 0 Å². The first-order valence-electron chi connectivity index (χ1n) is 4.56. The van der Waals surface area contributed by atoms with Crippen LogP contribution in [0.4, 0.5) is 0 Å². The fourth-order valence-electron chi connectivity index (χ4n) is 0.828. The first-order valence-corrected chi connectivity index (χ1v) is 6.04. The largest absolute Gasteiger partial charge is 0.281 e. The summed E-state index contributed by atoms with van der Waals surface area (Å²) in [6.07, 6.45) is 0. The van der Waals surface area contributed by atoms with Gasteiger partial charge in [0.15, 0.2) is 0 Å². The highest BCUT2D eigenvalue weighted by atomic mass is 32.2. The quantitative estimate of drug-likeness (QED) is 0.802. The number of benzene rings is 1. The van der Waals surface area contributed by atoms with Crippen molar-refractivity contribution in [2.75, 3.05) is 0 Å². The van der Waals surface area contributed by atoms with Crippen LogP contribution in [-0.4, -0.2) is 14.0 Å². The summed E-state index contributed by atoms with van der Waals surface area (Å²) in [4.78, 5) is 7.29. The molecule has 4 nitrogen and oxygen atoms in total. The van der Waals surface area contributed by atoms with Crippen molar-refractivity contribution in [3.63, 3.8) is 0 Å². The van der Waals surface area contributed by atoms with E-state index in [1.54, 1.807) is 39.0 Å². The molecule has 0 heterocycles. The Morgan fingerprint density at radius 2 is 1.67 bits per heavy atom. The summed E-state index contributed by atoms with van der Waals surface area (Å²) in [7, 11) is -3.57. The molecule has 0 aliphatic carbocycles. The van der Waals surface area contributed by atoms with Gasteiger partial charge in [0.1, 0.15) is 0 Å². The van der Waals surface area contributed by atoms with Gasteiger partial charge in [-0.1, -0.05) is 23.1 Å². The van der Waals surface area contributed by atoms with Crippen LogP contribution < -0.4 is 4.89 Å². The van der Waals surface area contributed by atoms with E-state index < -0.39 is 15.6 Å². The third kappa shape index (κ3) is 3.99. The lowest BCUT2D eigenvalue weighted by Gasteiger charge is -2.19. The monoisotopic (exact) mass is 229 g/mol. The fourth-order valence-corrected chi connectivity index (χ4v) is 1.80. The van der Waals surface area contributed by atoms with E-state index in [0.29, 0.717) is 0 Å². The van der Waals surface area contributed by atoms with E-state index in [-0.39, 0.29) is 4.90 Å². The van der Waals surface area contributed by atoms with Crippen LogP contribution in [0.15, 0.2) is 35.2 Å². The molecule has 0 aromatic heterocycles. The molecule has 1 aromatic carbocycles. The Labute approximate surface area is 90.3 Å². The molecule has 1 rings (SSSR count). The van der Waals surface area contributed by atoms with Crippen LogP contribution in [0.1, 0.15) is 20.8 Å². The molecular formula is C10H15NO3S. The maximum absolute atomic E-state index is 11.6. The second kappa shape index (κ2) is 4.30. The lowest BCUT2D eigenvalue weighted by atomic mass is 10.2. The molecule has 0 bridgehead atoms. The van der Waals surface area contributed by atoms with Crippen molar-refractivity contribution in [1.29, 1.82) is 0 Å². The van der Waals surface area contributed by atoms with Gasteiger partial charge < -0.3 is 0 Å². The minimum atomic E-state index is -3.57. The van der Waals surface area contributed by atoms with Gasteiger partial charge in [0.25, 0.3) is 10.0 Å². The zero-order valence-corrected chi connectivity index (χ0v) is 9.84. The van der Waals surface area contributed by atoms with Gasteiger partial charge >= 0.3 is 0 Å². The molecule has 0 spiro atoms. The van der Waals surface area contributed by atoms with Crippen LogP contribution in [0.25, 0.3) is 0 Å². The summed E-state index contributed by atoms with van der Waals surface area (Å²) in [6, 6.07) is 8.09. The second-order valence-corrected chi connectivity index (χ2v) is 5.76. The molecule has 0 aliphatic rings. The number of hydrogen-bond donors (Lipinski definition) is 1. The summed E-state index contributed by atoms with van der Waals surface area (Å²) >= 11 is 0. The molecule has 0 aliphatic heterocycles. The Kier molecular flexibility index (Phi) is 3.49. The zero-order valence-electron chi connectivity index (χ0n) is 9.02. The molecular weight excluding hydrogens is 214 g/mol. The topological polar surface area (TPSA) is 55.4 Å². The lowest BCUT2D eigenvalue weighted by Crippen LogP contribution is -2.33. The van der Waals surface area contributed by atoms with Crippen molar-refractivity contribution in [3.8, 4) is 0 Å². The Morgan fingerprint density at radius 3 is 2.13 bits per heavy atom. The molecule has 1 N–H and O–H groups in total. The number of sulfonamides is 1. The van der Waals surface area contributed by atoms with Crippen LogP contribution >= 0.6 is 0 Å². The van der Waals surface area contributed by atoms with Crippen molar-refractivity contribution in [1.82, 2.24) is 4.89 Å². The van der Waals surface area contributed by atoms with Crippen LogP contribution in [0.3, 0.4) is 0 Å². The van der Waals surface area contributed by atoms with Gasteiger partial charge in [0.05, 0.1) is 10.5 Å². The van der Waals surface area contributed by atoms with Gasteiger partial charge in [-0.05, 0) is 32.9 Å². The van der Waals surface area contributed by atoms with Gasteiger partial charge in [-0.15, -0.1) is 0 Å². The molecule has 0 atom stereocenters. The van der Waals surface area contributed by atoms with Crippen molar-refractivity contribution in [3.05, 3.63) is 30.3 Å². The molecule has 0 saturated heterocycles. The van der Waals surface area contributed by atoms with Gasteiger partial charge in [-0.2, -0.15) is 0 Å². The second-order valence-electron chi connectivity index (χ2n) is 4.11. The zero-order chi connectivity index (χ0) is 11.5. The van der Waals surface area contributed by atoms with E-state index in [4.69, 9.17) is 4.84 Å². The maximum atomic E-state index is 11.6. The molecule has 84 valence electrons. The van der Waals surface area contributed by atoms with E-state index in [2.05, 4.69) is 4.89 Å². The highest BCUT2D eigenvalue weighted by molar-refractivity contribution is 7.89. The molecule has 0 saturated carbocycles. The molecule has 0 radical (unpaired) electrons. The predicted octanol–water partition coefficient (Wildman–Crippen LogP) is 1.70. The Bertz CT molecular complexity index is 406. The van der Waals surface area contributed by atoms with Gasteiger partial charge in [0, 0.05) is 0 Å². The molecule has 1 aromatic rings. The summed E-state index contributed by atoms with van der Waals surface area (Å²) in [5.41, 5.74) is -0.554. The summed E-state index contributed by atoms with van der Waals surface area (Å²) in [6.45, 7) is 5.29. The van der Waals surface area contributed by atoms with E-state index in [1.165, 1.54) is 12.1 Å². The van der Waals surface area contributed by atoms with Crippen molar-refractivity contribution >= 4 is 10.0 Å². The van der Waals surface area contributed by atoms with Gasteiger partial charge in [0.2, 0.25) is 0 Å². The predicted molar refractivity (Wildman–Crippen MR) is 57.6 cm³/mol. The third-order valence-electron chi connectivity index (χ3n) is 1.51. The summed E-state index contributed by atoms with van der Waals surface area (Å²) < 4.78 is 23.3. The van der Waals surface area contributed by atoms with Gasteiger partial charge in [-0.3, -0.25) is 4.84 Å². The average Bonchev–Trinajstić information content (AvgIpc) is 2.16. The molecule has 0 amide bonds. The highest BCUT2D eigenvalue weighted by Gasteiger charge is 2.18. The minimum absolute atomic E-state index is 0.189. The van der Waals surface area contributed by atoms with Crippen LogP contribution in [0.5, 0.6) is 0 Å². The highest BCUT2D eigenvalue weighted by Crippen LogP contribution is 2.10. The Balaban J connectivity index is 2.78. The first-order chi connectivity index (χ1) is 6.81. The Hall–Kier alpha value is -0.910. The molecule has 0 fully saturated rings. The van der Waals surface area contributed by atoms with E-state index in [0.717, 1.165) is 0 Å². The van der Waals surface area contributed by atoms with Gasteiger partial charge in [-0.25, -0.2) is 8.42 Å². The van der Waals surface area contributed by atoms with Crippen molar-refractivity contribution in [2.24, 2.45) is 0 Å². The molecule has 15 heavy (non-hydrogen) atoms. The maximum Gasteiger partial charge on any atom is 0.262 e.